The molecule has 2 aromatic carbocycles. The monoisotopic (exact) mass is 310 g/mol. The number of piperazine rings is 1. The molecule has 0 spiro atoms. The first kappa shape index (κ1) is 15.4. The molecule has 23 heavy (non-hydrogen) atoms. The lowest BCUT2D eigenvalue weighted by Crippen LogP contribution is -2.58. The summed E-state index contributed by atoms with van der Waals surface area (Å²) >= 11 is 0. The van der Waals surface area contributed by atoms with Gasteiger partial charge < -0.3 is 14.9 Å². The average molecular weight is 310 g/mol. The van der Waals surface area contributed by atoms with Crippen LogP contribution in [0.5, 0.6) is 0 Å². The molecule has 0 amide bonds. The summed E-state index contributed by atoms with van der Waals surface area (Å²) in [6.07, 6.45) is 0.141. The van der Waals surface area contributed by atoms with E-state index < -0.39 is 5.97 Å². The highest BCUT2D eigenvalue weighted by molar-refractivity contribution is 5.69. The molecule has 2 aromatic rings. The number of carboxylic acids is 1. The number of carboxylic acid groups (broad SMARTS) is 1. The molecule has 0 aromatic heterocycles. The predicted octanol–water partition coefficient (Wildman–Crippen LogP) is 3.25. The Hall–Kier alpha value is -2.49. The van der Waals surface area contributed by atoms with Gasteiger partial charge in [0.05, 0.1) is 12.5 Å². The van der Waals surface area contributed by atoms with Gasteiger partial charge in [-0.3, -0.25) is 4.79 Å². The molecule has 1 saturated heterocycles. The largest absolute Gasteiger partial charge is 0.481 e. The fourth-order valence-corrected chi connectivity index (χ4v) is 3.46. The Balaban J connectivity index is 1.88. The molecule has 3 rings (SSSR count). The van der Waals surface area contributed by atoms with E-state index in [0.717, 1.165) is 24.5 Å². The van der Waals surface area contributed by atoms with Gasteiger partial charge in [-0.25, -0.2) is 0 Å². The van der Waals surface area contributed by atoms with E-state index in [0.29, 0.717) is 0 Å². The predicted molar refractivity (Wildman–Crippen MR) is 93.1 cm³/mol. The quantitative estimate of drug-likeness (QED) is 0.941. The maximum Gasteiger partial charge on any atom is 0.305 e. The van der Waals surface area contributed by atoms with Gasteiger partial charge in [-0.05, 0) is 31.2 Å². The van der Waals surface area contributed by atoms with Crippen LogP contribution in [0, 0.1) is 0 Å². The number of anilines is 2. The van der Waals surface area contributed by atoms with Gasteiger partial charge in [-0.15, -0.1) is 0 Å². The topological polar surface area (TPSA) is 43.8 Å². The minimum Gasteiger partial charge on any atom is -0.481 e. The Morgan fingerprint density at radius 1 is 1.00 bits per heavy atom. The minimum absolute atomic E-state index is 0.0427. The van der Waals surface area contributed by atoms with E-state index in [4.69, 9.17) is 0 Å². The molecule has 1 aliphatic heterocycles. The summed E-state index contributed by atoms with van der Waals surface area (Å²) in [6, 6.07) is 20.5. The first-order chi connectivity index (χ1) is 11.1. The molecule has 1 fully saturated rings. The Bertz CT molecular complexity index is 645. The van der Waals surface area contributed by atoms with E-state index in [1.165, 1.54) is 0 Å². The van der Waals surface area contributed by atoms with Gasteiger partial charge in [0.25, 0.3) is 0 Å². The average Bonchev–Trinajstić information content (AvgIpc) is 2.55. The van der Waals surface area contributed by atoms with Gasteiger partial charge in [0.15, 0.2) is 0 Å². The Kier molecular flexibility index (Phi) is 4.51. The third-order valence-electron chi connectivity index (χ3n) is 4.37. The number of hydrogen-bond donors (Lipinski definition) is 1. The molecule has 4 nitrogen and oxygen atoms in total. The molecule has 0 aliphatic carbocycles. The van der Waals surface area contributed by atoms with Gasteiger partial charge >= 0.3 is 5.97 Å². The molecule has 2 atom stereocenters. The molecule has 120 valence electrons. The van der Waals surface area contributed by atoms with Crippen LogP contribution in [0.15, 0.2) is 60.7 Å². The summed E-state index contributed by atoms with van der Waals surface area (Å²) in [5.41, 5.74) is 2.25. The Morgan fingerprint density at radius 2 is 1.57 bits per heavy atom. The second kappa shape index (κ2) is 6.73. The van der Waals surface area contributed by atoms with Crippen molar-refractivity contribution in [1.29, 1.82) is 0 Å². The fraction of sp³-hybridized carbons (Fsp3) is 0.316. The van der Waals surface area contributed by atoms with E-state index in [2.05, 4.69) is 41.0 Å². The second-order valence-electron chi connectivity index (χ2n) is 6.08. The third kappa shape index (κ3) is 3.47. The van der Waals surface area contributed by atoms with Crippen LogP contribution in [0.4, 0.5) is 11.4 Å². The zero-order valence-corrected chi connectivity index (χ0v) is 13.3. The minimum atomic E-state index is -0.752. The highest BCUT2D eigenvalue weighted by atomic mass is 16.4. The normalized spacial score (nSPS) is 21.3. The molecule has 1 heterocycles. The summed E-state index contributed by atoms with van der Waals surface area (Å²) in [6.45, 7) is 3.77. The molecule has 0 saturated carbocycles. The smallest absolute Gasteiger partial charge is 0.305 e. The van der Waals surface area contributed by atoms with Gasteiger partial charge in [-0.1, -0.05) is 36.4 Å². The first-order valence-corrected chi connectivity index (χ1v) is 8.00. The van der Waals surface area contributed by atoms with Crippen LogP contribution >= 0.6 is 0 Å². The van der Waals surface area contributed by atoms with E-state index in [1.54, 1.807) is 0 Å². The van der Waals surface area contributed by atoms with Crippen molar-refractivity contribution in [3.63, 3.8) is 0 Å². The van der Waals surface area contributed by atoms with Crippen molar-refractivity contribution in [2.75, 3.05) is 22.9 Å². The molecule has 1 aliphatic rings. The SMILES string of the molecule is C[C@@H]1CN(c2ccccc2)C[C@@H](CC(=O)O)N1c1ccccc1. The number of aliphatic carboxylic acids is 1. The summed E-state index contributed by atoms with van der Waals surface area (Å²) in [7, 11) is 0. The number of benzene rings is 2. The lowest BCUT2D eigenvalue weighted by molar-refractivity contribution is -0.137. The van der Waals surface area contributed by atoms with Crippen LogP contribution in [-0.4, -0.2) is 36.2 Å². The molecular formula is C19H22N2O2. The van der Waals surface area contributed by atoms with Crippen LogP contribution in [0.3, 0.4) is 0 Å². The maximum absolute atomic E-state index is 11.3. The van der Waals surface area contributed by atoms with Crippen LogP contribution < -0.4 is 9.80 Å². The second-order valence-corrected chi connectivity index (χ2v) is 6.08. The summed E-state index contributed by atoms with van der Waals surface area (Å²) in [5.74, 6) is -0.752. The van der Waals surface area contributed by atoms with Crippen molar-refractivity contribution in [3.05, 3.63) is 60.7 Å². The molecule has 4 heteroatoms. The molecular weight excluding hydrogens is 288 g/mol. The summed E-state index contributed by atoms with van der Waals surface area (Å²) in [4.78, 5) is 15.9. The van der Waals surface area contributed by atoms with Gasteiger partial charge in [0.2, 0.25) is 0 Å². The van der Waals surface area contributed by atoms with E-state index in [9.17, 15) is 9.90 Å². The van der Waals surface area contributed by atoms with Crippen molar-refractivity contribution in [2.24, 2.45) is 0 Å². The maximum atomic E-state index is 11.3. The summed E-state index contributed by atoms with van der Waals surface area (Å²) < 4.78 is 0. The van der Waals surface area contributed by atoms with Crippen molar-refractivity contribution in [3.8, 4) is 0 Å². The summed E-state index contributed by atoms with van der Waals surface area (Å²) in [5, 5.41) is 9.33. The zero-order valence-electron chi connectivity index (χ0n) is 13.3. The molecule has 0 radical (unpaired) electrons. The van der Waals surface area contributed by atoms with Crippen LogP contribution in [-0.2, 0) is 4.79 Å². The number of carbonyl (C=O) groups is 1. The third-order valence-corrected chi connectivity index (χ3v) is 4.37. The lowest BCUT2D eigenvalue weighted by atomic mass is 10.0. The van der Waals surface area contributed by atoms with E-state index >= 15 is 0 Å². The zero-order chi connectivity index (χ0) is 16.2. The van der Waals surface area contributed by atoms with Crippen molar-refractivity contribution < 1.29 is 9.90 Å². The van der Waals surface area contributed by atoms with Gasteiger partial charge in [0, 0.05) is 30.5 Å². The number of rotatable bonds is 4. The van der Waals surface area contributed by atoms with Crippen molar-refractivity contribution >= 4 is 17.3 Å². The van der Waals surface area contributed by atoms with E-state index in [1.807, 2.05) is 36.4 Å². The number of nitrogens with zero attached hydrogens (tertiary/aromatic N) is 2. The lowest BCUT2D eigenvalue weighted by Gasteiger charge is -2.47. The molecule has 1 N–H and O–H groups in total. The Labute approximate surface area is 137 Å². The van der Waals surface area contributed by atoms with Gasteiger partial charge in [-0.2, -0.15) is 0 Å². The van der Waals surface area contributed by atoms with Gasteiger partial charge in [0.1, 0.15) is 0 Å². The van der Waals surface area contributed by atoms with Crippen molar-refractivity contribution in [2.45, 2.75) is 25.4 Å². The number of hydrogen-bond acceptors (Lipinski definition) is 3. The first-order valence-electron chi connectivity index (χ1n) is 8.00. The van der Waals surface area contributed by atoms with Crippen molar-refractivity contribution in [1.82, 2.24) is 0 Å². The Morgan fingerprint density at radius 3 is 2.13 bits per heavy atom. The van der Waals surface area contributed by atoms with Crippen LogP contribution in [0.1, 0.15) is 13.3 Å². The number of para-hydroxylation sites is 2. The van der Waals surface area contributed by atoms with E-state index in [-0.39, 0.29) is 18.5 Å². The molecule has 0 unspecified atom stereocenters. The van der Waals surface area contributed by atoms with Crippen LogP contribution in [0.2, 0.25) is 0 Å². The van der Waals surface area contributed by atoms with Crippen LogP contribution in [0.25, 0.3) is 0 Å². The molecule has 0 bridgehead atoms. The highest BCUT2D eigenvalue weighted by Crippen LogP contribution is 2.28. The fourth-order valence-electron chi connectivity index (χ4n) is 3.46. The highest BCUT2D eigenvalue weighted by Gasteiger charge is 2.33. The standard InChI is InChI=1S/C19H22N2O2/c1-15-13-20(16-8-4-2-5-9-16)14-18(12-19(22)23)21(15)17-10-6-3-7-11-17/h2-11,15,18H,12-14H2,1H3,(H,22,23)/t15-,18-/m1/s1.